The number of pyridine rings is 1. The smallest absolute Gasteiger partial charge is 0.307 e. The molecule has 0 atom stereocenters. The van der Waals surface area contributed by atoms with Crippen LogP contribution in [0.1, 0.15) is 5.56 Å². The van der Waals surface area contributed by atoms with Crippen molar-refractivity contribution in [1.29, 1.82) is 0 Å². The molecule has 0 unspecified atom stereocenters. The first kappa shape index (κ1) is 13.1. The molecule has 0 aliphatic rings. The predicted octanol–water partition coefficient (Wildman–Crippen LogP) is 2.44. The Morgan fingerprint density at radius 2 is 1.95 bits per heavy atom. The minimum Gasteiger partial charge on any atom is -0.481 e. The van der Waals surface area contributed by atoms with Gasteiger partial charge in [-0.3, -0.25) is 9.78 Å². The molecule has 0 spiro atoms. The van der Waals surface area contributed by atoms with Crippen molar-refractivity contribution in [3.63, 3.8) is 0 Å². The highest BCUT2D eigenvalue weighted by Crippen LogP contribution is 2.27. The SMILES string of the molecule is CN(C)c1ccccc1-c1ccc(CC(=O)O)cn1. The molecule has 0 saturated heterocycles. The first-order valence-corrected chi connectivity index (χ1v) is 6.01. The third-order valence-corrected chi connectivity index (χ3v) is 2.84. The van der Waals surface area contributed by atoms with Crippen LogP contribution in [-0.4, -0.2) is 30.2 Å². The number of anilines is 1. The highest BCUT2D eigenvalue weighted by atomic mass is 16.4. The largest absolute Gasteiger partial charge is 0.481 e. The Balaban J connectivity index is 2.35. The third kappa shape index (κ3) is 3.10. The van der Waals surface area contributed by atoms with Crippen molar-refractivity contribution in [2.24, 2.45) is 0 Å². The molecule has 4 heteroatoms. The van der Waals surface area contributed by atoms with Gasteiger partial charge in [0.2, 0.25) is 0 Å². The Hall–Kier alpha value is -2.36. The van der Waals surface area contributed by atoms with Crippen LogP contribution in [0.2, 0.25) is 0 Å². The van der Waals surface area contributed by atoms with E-state index in [9.17, 15) is 4.79 Å². The molecular formula is C15H16N2O2. The molecule has 2 rings (SSSR count). The zero-order valence-electron chi connectivity index (χ0n) is 11.0. The van der Waals surface area contributed by atoms with Gasteiger partial charge in [0.05, 0.1) is 12.1 Å². The molecule has 2 aromatic rings. The molecule has 19 heavy (non-hydrogen) atoms. The lowest BCUT2D eigenvalue weighted by molar-refractivity contribution is -0.136. The van der Waals surface area contributed by atoms with Crippen LogP contribution in [0.5, 0.6) is 0 Å². The van der Waals surface area contributed by atoms with Crippen molar-refractivity contribution >= 4 is 11.7 Å². The fourth-order valence-corrected chi connectivity index (χ4v) is 1.94. The van der Waals surface area contributed by atoms with Crippen LogP contribution in [0, 0.1) is 0 Å². The highest BCUT2D eigenvalue weighted by molar-refractivity contribution is 5.76. The summed E-state index contributed by atoms with van der Waals surface area (Å²) in [6, 6.07) is 11.7. The maximum atomic E-state index is 10.6. The lowest BCUT2D eigenvalue weighted by Crippen LogP contribution is -2.10. The topological polar surface area (TPSA) is 53.4 Å². The first-order chi connectivity index (χ1) is 9.08. The number of carboxylic acids is 1. The molecule has 0 amide bonds. The van der Waals surface area contributed by atoms with Gasteiger partial charge in [-0.2, -0.15) is 0 Å². The fraction of sp³-hybridized carbons (Fsp3) is 0.200. The summed E-state index contributed by atoms with van der Waals surface area (Å²) in [6.45, 7) is 0. The van der Waals surface area contributed by atoms with Crippen LogP contribution >= 0.6 is 0 Å². The lowest BCUT2D eigenvalue weighted by atomic mass is 10.1. The van der Waals surface area contributed by atoms with Crippen molar-refractivity contribution < 1.29 is 9.90 Å². The predicted molar refractivity (Wildman–Crippen MR) is 75.3 cm³/mol. The summed E-state index contributed by atoms with van der Waals surface area (Å²) in [7, 11) is 3.97. The Bertz CT molecular complexity index is 577. The number of hydrogen-bond donors (Lipinski definition) is 1. The van der Waals surface area contributed by atoms with E-state index in [0.29, 0.717) is 5.56 Å². The Labute approximate surface area is 112 Å². The van der Waals surface area contributed by atoms with Crippen molar-refractivity contribution in [2.75, 3.05) is 19.0 Å². The molecule has 0 aliphatic carbocycles. The van der Waals surface area contributed by atoms with Gasteiger partial charge in [0.15, 0.2) is 0 Å². The molecule has 98 valence electrons. The van der Waals surface area contributed by atoms with E-state index in [1.807, 2.05) is 55.4 Å². The number of carbonyl (C=O) groups is 1. The number of aliphatic carboxylic acids is 1. The molecule has 1 aromatic carbocycles. The summed E-state index contributed by atoms with van der Waals surface area (Å²) in [5.74, 6) is -0.844. The van der Waals surface area contributed by atoms with Crippen LogP contribution in [-0.2, 0) is 11.2 Å². The lowest BCUT2D eigenvalue weighted by Gasteiger charge is -2.16. The standard InChI is InChI=1S/C15H16N2O2/c1-17(2)14-6-4-3-5-12(14)13-8-7-11(10-16-13)9-15(18)19/h3-8,10H,9H2,1-2H3,(H,18,19). The zero-order valence-corrected chi connectivity index (χ0v) is 11.0. The van der Waals surface area contributed by atoms with Gasteiger partial charge in [-0.1, -0.05) is 24.3 Å². The quantitative estimate of drug-likeness (QED) is 0.913. The molecule has 0 saturated carbocycles. The average molecular weight is 256 g/mol. The monoisotopic (exact) mass is 256 g/mol. The number of rotatable bonds is 4. The number of benzene rings is 1. The summed E-state index contributed by atoms with van der Waals surface area (Å²) in [5, 5.41) is 8.74. The van der Waals surface area contributed by atoms with Crippen molar-refractivity contribution in [3.05, 3.63) is 48.2 Å². The molecule has 0 bridgehead atoms. The Kier molecular flexibility index (Phi) is 3.80. The van der Waals surface area contributed by atoms with E-state index in [0.717, 1.165) is 16.9 Å². The second kappa shape index (κ2) is 5.52. The van der Waals surface area contributed by atoms with Crippen molar-refractivity contribution in [3.8, 4) is 11.3 Å². The second-order valence-electron chi connectivity index (χ2n) is 4.53. The van der Waals surface area contributed by atoms with Gasteiger partial charge in [-0.05, 0) is 17.7 Å². The van der Waals surface area contributed by atoms with Crippen LogP contribution in [0.4, 0.5) is 5.69 Å². The van der Waals surface area contributed by atoms with E-state index < -0.39 is 5.97 Å². The highest BCUT2D eigenvalue weighted by Gasteiger charge is 2.08. The molecule has 1 N–H and O–H groups in total. The van der Waals surface area contributed by atoms with Crippen molar-refractivity contribution in [2.45, 2.75) is 6.42 Å². The van der Waals surface area contributed by atoms with Crippen LogP contribution in [0.25, 0.3) is 11.3 Å². The Morgan fingerprint density at radius 1 is 1.21 bits per heavy atom. The molecule has 4 nitrogen and oxygen atoms in total. The number of carboxylic acid groups (broad SMARTS) is 1. The Morgan fingerprint density at radius 3 is 2.53 bits per heavy atom. The van der Waals surface area contributed by atoms with Gasteiger partial charge in [-0.15, -0.1) is 0 Å². The molecule has 1 heterocycles. The van der Waals surface area contributed by atoms with E-state index in [1.165, 1.54) is 0 Å². The van der Waals surface area contributed by atoms with Gasteiger partial charge in [-0.25, -0.2) is 0 Å². The average Bonchev–Trinajstić information content (AvgIpc) is 2.39. The first-order valence-electron chi connectivity index (χ1n) is 6.01. The van der Waals surface area contributed by atoms with Crippen LogP contribution in [0.15, 0.2) is 42.6 Å². The fourth-order valence-electron chi connectivity index (χ4n) is 1.94. The van der Waals surface area contributed by atoms with Crippen LogP contribution in [0.3, 0.4) is 0 Å². The molecule has 1 aromatic heterocycles. The van der Waals surface area contributed by atoms with E-state index in [4.69, 9.17) is 5.11 Å². The minimum absolute atomic E-state index is 0.00259. The van der Waals surface area contributed by atoms with Crippen molar-refractivity contribution in [1.82, 2.24) is 4.98 Å². The minimum atomic E-state index is -0.844. The second-order valence-corrected chi connectivity index (χ2v) is 4.53. The normalized spacial score (nSPS) is 10.2. The van der Waals surface area contributed by atoms with Gasteiger partial charge in [0, 0.05) is 31.5 Å². The van der Waals surface area contributed by atoms with Gasteiger partial charge in [0.25, 0.3) is 0 Å². The van der Waals surface area contributed by atoms with E-state index in [1.54, 1.807) is 6.20 Å². The van der Waals surface area contributed by atoms with E-state index >= 15 is 0 Å². The summed E-state index contributed by atoms with van der Waals surface area (Å²) in [5.41, 5.74) is 3.67. The maximum Gasteiger partial charge on any atom is 0.307 e. The number of hydrogen-bond acceptors (Lipinski definition) is 3. The summed E-state index contributed by atoms with van der Waals surface area (Å²) < 4.78 is 0. The van der Waals surface area contributed by atoms with Gasteiger partial charge >= 0.3 is 5.97 Å². The number of nitrogens with zero attached hydrogens (tertiary/aromatic N) is 2. The molecule has 0 aliphatic heterocycles. The summed E-state index contributed by atoms with van der Waals surface area (Å²) >= 11 is 0. The van der Waals surface area contributed by atoms with Gasteiger partial charge in [0.1, 0.15) is 0 Å². The zero-order chi connectivity index (χ0) is 13.8. The van der Waals surface area contributed by atoms with Crippen LogP contribution < -0.4 is 4.90 Å². The van der Waals surface area contributed by atoms with E-state index in [-0.39, 0.29) is 6.42 Å². The molecule has 0 radical (unpaired) electrons. The number of para-hydroxylation sites is 1. The maximum absolute atomic E-state index is 10.6. The molecule has 0 fully saturated rings. The summed E-state index contributed by atoms with van der Waals surface area (Å²) in [6.07, 6.45) is 1.62. The van der Waals surface area contributed by atoms with Gasteiger partial charge < -0.3 is 10.0 Å². The number of aromatic nitrogens is 1. The van der Waals surface area contributed by atoms with E-state index in [2.05, 4.69) is 4.98 Å². The summed E-state index contributed by atoms with van der Waals surface area (Å²) in [4.78, 5) is 17.0. The molecular weight excluding hydrogens is 240 g/mol. The third-order valence-electron chi connectivity index (χ3n) is 2.84.